The molecule has 0 radical (unpaired) electrons. The van der Waals surface area contributed by atoms with Crippen molar-refractivity contribution in [2.45, 2.75) is 19.8 Å². The highest BCUT2D eigenvalue weighted by Crippen LogP contribution is 2.21. The number of carbonyl (C=O) groups is 1. The van der Waals surface area contributed by atoms with Crippen LogP contribution in [0.5, 0.6) is 0 Å². The van der Waals surface area contributed by atoms with E-state index in [4.69, 9.17) is 11.6 Å². The van der Waals surface area contributed by atoms with Gasteiger partial charge in [-0.2, -0.15) is 0 Å². The Morgan fingerprint density at radius 3 is 2.67 bits per heavy atom. The highest BCUT2D eigenvalue weighted by Gasteiger charge is 2.08. The maximum atomic E-state index is 12.1. The fraction of sp³-hybridized carbons (Fsp3) is 0.400. The Hall–Kier alpha value is -2.05. The van der Waals surface area contributed by atoms with Crippen LogP contribution in [0, 0.1) is 0 Å². The van der Waals surface area contributed by atoms with Gasteiger partial charge in [-0.3, -0.25) is 9.79 Å². The highest BCUT2D eigenvalue weighted by molar-refractivity contribution is 7.16. The molecule has 1 heterocycles. The van der Waals surface area contributed by atoms with Crippen molar-refractivity contribution >= 4 is 34.8 Å². The van der Waals surface area contributed by atoms with E-state index in [1.807, 2.05) is 43.3 Å². The van der Waals surface area contributed by atoms with E-state index in [2.05, 4.69) is 15.6 Å². The van der Waals surface area contributed by atoms with Gasteiger partial charge in [0, 0.05) is 50.6 Å². The van der Waals surface area contributed by atoms with Gasteiger partial charge in [0.2, 0.25) is 0 Å². The first kappa shape index (κ1) is 21.3. The van der Waals surface area contributed by atoms with Gasteiger partial charge in [0.15, 0.2) is 5.96 Å². The number of thiophene rings is 1. The molecule has 0 saturated carbocycles. The minimum absolute atomic E-state index is 0.0217. The van der Waals surface area contributed by atoms with Crippen LogP contribution in [0.25, 0.3) is 0 Å². The summed E-state index contributed by atoms with van der Waals surface area (Å²) in [6.07, 6.45) is 1.70. The number of hydrogen-bond donors (Lipinski definition) is 2. The van der Waals surface area contributed by atoms with Crippen molar-refractivity contribution < 1.29 is 4.79 Å². The molecule has 0 spiro atoms. The molecule has 1 amide bonds. The molecule has 2 N–H and O–H groups in total. The van der Waals surface area contributed by atoms with E-state index in [0.717, 1.165) is 41.8 Å². The topological polar surface area (TPSA) is 56.7 Å². The largest absolute Gasteiger partial charge is 0.357 e. The maximum Gasteiger partial charge on any atom is 0.253 e. The molecular formula is C20H27ClN4OS. The van der Waals surface area contributed by atoms with Crippen LogP contribution >= 0.6 is 22.9 Å². The number of aliphatic imine (C=N–C) groups is 1. The number of nitrogens with one attached hydrogen (secondary N) is 2. The molecule has 0 aliphatic carbocycles. The van der Waals surface area contributed by atoms with Gasteiger partial charge in [-0.1, -0.05) is 23.7 Å². The van der Waals surface area contributed by atoms with Gasteiger partial charge in [-0.05, 0) is 43.2 Å². The Morgan fingerprint density at radius 2 is 2.00 bits per heavy atom. The van der Waals surface area contributed by atoms with Crippen LogP contribution in [0.3, 0.4) is 0 Å². The van der Waals surface area contributed by atoms with Crippen molar-refractivity contribution in [3.63, 3.8) is 0 Å². The lowest BCUT2D eigenvalue weighted by molar-refractivity contribution is 0.0827. The molecule has 0 aliphatic heterocycles. The van der Waals surface area contributed by atoms with E-state index in [9.17, 15) is 4.79 Å². The Bertz CT molecular complexity index is 773. The summed E-state index contributed by atoms with van der Waals surface area (Å²) < 4.78 is 0.814. The second kappa shape index (κ2) is 10.9. The van der Waals surface area contributed by atoms with Crippen molar-refractivity contribution in [1.82, 2.24) is 15.5 Å². The minimum atomic E-state index is 0.0217. The van der Waals surface area contributed by atoms with Gasteiger partial charge < -0.3 is 15.5 Å². The second-order valence-electron chi connectivity index (χ2n) is 6.29. The van der Waals surface area contributed by atoms with Gasteiger partial charge in [-0.25, -0.2) is 0 Å². The van der Waals surface area contributed by atoms with E-state index in [-0.39, 0.29) is 5.91 Å². The zero-order chi connectivity index (χ0) is 19.6. The van der Waals surface area contributed by atoms with Crippen LogP contribution in [0.2, 0.25) is 4.34 Å². The second-order valence-corrected chi connectivity index (χ2v) is 8.09. The summed E-state index contributed by atoms with van der Waals surface area (Å²) in [6, 6.07) is 11.7. The predicted octanol–water partition coefficient (Wildman–Crippen LogP) is 3.44. The Balaban J connectivity index is 1.85. The number of nitrogens with zero attached hydrogens (tertiary/aromatic N) is 2. The normalized spacial score (nSPS) is 11.3. The quantitative estimate of drug-likeness (QED) is 0.521. The van der Waals surface area contributed by atoms with Crippen molar-refractivity contribution in [2.24, 2.45) is 4.99 Å². The highest BCUT2D eigenvalue weighted by atomic mass is 35.5. The molecular weight excluding hydrogens is 380 g/mol. The molecule has 27 heavy (non-hydrogen) atoms. The lowest BCUT2D eigenvalue weighted by Gasteiger charge is -2.13. The van der Waals surface area contributed by atoms with Gasteiger partial charge >= 0.3 is 0 Å². The third-order valence-electron chi connectivity index (χ3n) is 3.89. The number of hydrogen-bond acceptors (Lipinski definition) is 3. The molecule has 0 bridgehead atoms. The number of benzene rings is 1. The molecule has 0 fully saturated rings. The van der Waals surface area contributed by atoms with E-state index in [1.165, 1.54) is 4.88 Å². The Kier molecular flexibility index (Phi) is 8.61. The van der Waals surface area contributed by atoms with E-state index < -0.39 is 0 Å². The van der Waals surface area contributed by atoms with Crippen LogP contribution < -0.4 is 10.6 Å². The average Bonchev–Trinajstić information content (AvgIpc) is 3.06. The van der Waals surface area contributed by atoms with Crippen LogP contribution in [-0.4, -0.2) is 50.5 Å². The monoisotopic (exact) mass is 406 g/mol. The van der Waals surface area contributed by atoms with Gasteiger partial charge in [0.25, 0.3) is 5.91 Å². The van der Waals surface area contributed by atoms with E-state index in [1.54, 1.807) is 30.3 Å². The molecule has 2 aromatic rings. The first-order valence-corrected chi connectivity index (χ1v) is 10.3. The average molecular weight is 407 g/mol. The molecule has 0 atom stereocenters. The summed E-state index contributed by atoms with van der Waals surface area (Å²) >= 11 is 7.56. The third-order valence-corrected chi connectivity index (χ3v) is 5.18. The SMILES string of the molecule is CCNC(=NCCc1ccc(Cl)s1)NCCc1cccc(C(=O)N(C)C)c1. The van der Waals surface area contributed by atoms with Crippen molar-refractivity contribution in [3.8, 4) is 0 Å². The number of halogens is 1. The zero-order valence-electron chi connectivity index (χ0n) is 16.1. The smallest absolute Gasteiger partial charge is 0.253 e. The lowest BCUT2D eigenvalue weighted by Crippen LogP contribution is -2.38. The fourth-order valence-corrected chi connectivity index (χ4v) is 3.63. The lowest BCUT2D eigenvalue weighted by atomic mass is 10.1. The molecule has 0 saturated heterocycles. The summed E-state index contributed by atoms with van der Waals surface area (Å²) in [4.78, 5) is 19.5. The number of amides is 1. The summed E-state index contributed by atoms with van der Waals surface area (Å²) in [5.41, 5.74) is 1.84. The fourth-order valence-electron chi connectivity index (χ4n) is 2.55. The van der Waals surface area contributed by atoms with Gasteiger partial charge in [-0.15, -0.1) is 11.3 Å². The van der Waals surface area contributed by atoms with E-state index in [0.29, 0.717) is 12.1 Å². The third kappa shape index (κ3) is 7.23. The number of carbonyl (C=O) groups excluding carboxylic acids is 1. The predicted molar refractivity (Wildman–Crippen MR) is 115 cm³/mol. The van der Waals surface area contributed by atoms with Crippen molar-refractivity contribution in [2.75, 3.05) is 33.7 Å². The summed E-state index contributed by atoms with van der Waals surface area (Å²) in [6.45, 7) is 4.31. The molecule has 0 unspecified atom stereocenters. The van der Waals surface area contributed by atoms with E-state index >= 15 is 0 Å². The first-order chi connectivity index (χ1) is 13.0. The van der Waals surface area contributed by atoms with Crippen molar-refractivity contribution in [1.29, 1.82) is 0 Å². The summed E-state index contributed by atoms with van der Waals surface area (Å²) in [5.74, 6) is 0.828. The Morgan fingerprint density at radius 1 is 1.19 bits per heavy atom. The van der Waals surface area contributed by atoms with Crippen LogP contribution in [-0.2, 0) is 12.8 Å². The summed E-state index contributed by atoms with van der Waals surface area (Å²) in [7, 11) is 3.53. The minimum Gasteiger partial charge on any atom is -0.357 e. The summed E-state index contributed by atoms with van der Waals surface area (Å²) in [5, 5.41) is 6.61. The van der Waals surface area contributed by atoms with Gasteiger partial charge in [0.1, 0.15) is 0 Å². The van der Waals surface area contributed by atoms with Crippen molar-refractivity contribution in [3.05, 3.63) is 56.7 Å². The van der Waals surface area contributed by atoms with Crippen LogP contribution in [0.4, 0.5) is 0 Å². The molecule has 2 rings (SSSR count). The molecule has 1 aromatic heterocycles. The molecule has 5 nitrogen and oxygen atoms in total. The number of guanidine groups is 1. The molecule has 0 aliphatic rings. The maximum absolute atomic E-state index is 12.1. The first-order valence-electron chi connectivity index (χ1n) is 9.06. The number of rotatable bonds is 8. The standard InChI is InChI=1S/C20H27ClN4OS/c1-4-22-20(24-13-11-17-8-9-18(21)27-17)23-12-10-15-6-5-7-16(14-15)19(26)25(2)3/h5-9,14H,4,10-13H2,1-3H3,(H2,22,23,24). The zero-order valence-corrected chi connectivity index (χ0v) is 17.7. The molecule has 146 valence electrons. The van der Waals surface area contributed by atoms with Crippen LogP contribution in [0.1, 0.15) is 27.7 Å². The molecule has 1 aromatic carbocycles. The molecule has 7 heteroatoms. The van der Waals surface area contributed by atoms with Gasteiger partial charge in [0.05, 0.1) is 4.34 Å². The van der Waals surface area contributed by atoms with Crippen LogP contribution in [0.15, 0.2) is 41.4 Å². The Labute approximate surface area is 170 Å².